The van der Waals surface area contributed by atoms with Crippen LogP contribution in [0.5, 0.6) is 0 Å². The number of nitrogens with one attached hydrogen (secondary N) is 1. The molecule has 1 aromatic rings. The molecular weight excluding hydrogens is 285 g/mol. The first-order valence-corrected chi connectivity index (χ1v) is 10.9. The van der Waals surface area contributed by atoms with Gasteiger partial charge in [0.15, 0.2) is 14.1 Å². The molecule has 1 saturated heterocycles. The minimum atomic E-state index is -1.80. The molecule has 0 bridgehead atoms. The van der Waals surface area contributed by atoms with E-state index in [1.54, 1.807) is 19.2 Å². The third kappa shape index (κ3) is 3.21. The Balaban J connectivity index is 2.35. The van der Waals surface area contributed by atoms with Gasteiger partial charge in [-0.1, -0.05) is 26.0 Å². The lowest BCUT2D eigenvalue weighted by Gasteiger charge is -2.58. The summed E-state index contributed by atoms with van der Waals surface area (Å²) in [6.07, 6.45) is 0. The fourth-order valence-corrected chi connectivity index (χ4v) is 4.31. The van der Waals surface area contributed by atoms with Gasteiger partial charge in [-0.15, -0.1) is 0 Å². The lowest BCUT2D eigenvalue weighted by Crippen LogP contribution is -2.75. The molecule has 3 nitrogen and oxygen atoms in total. The Labute approximate surface area is 128 Å². The molecule has 1 aliphatic rings. The highest BCUT2D eigenvalue weighted by atomic mass is 28.4. The zero-order chi connectivity index (χ0) is 15.8. The second-order valence-corrected chi connectivity index (χ2v) is 11.4. The number of benzene rings is 1. The number of hydrogen-bond acceptors (Lipinski definition) is 3. The van der Waals surface area contributed by atoms with Crippen molar-refractivity contribution in [2.75, 3.05) is 7.11 Å². The molecule has 1 heterocycles. The van der Waals surface area contributed by atoms with Crippen LogP contribution in [-0.4, -0.2) is 27.3 Å². The molecule has 0 aliphatic carbocycles. The van der Waals surface area contributed by atoms with Crippen molar-refractivity contribution < 1.29 is 13.6 Å². The van der Waals surface area contributed by atoms with Crippen molar-refractivity contribution >= 4 is 8.32 Å². The van der Waals surface area contributed by atoms with E-state index in [2.05, 4.69) is 38.8 Å². The molecule has 0 aromatic heterocycles. The standard InChI is InChI=1S/C16H26FNO2Si/c1-11(2)14-16(19-3,20-21(4,5)6)15(18-14)12-7-9-13(17)10-8-12/h7-11,14-15,18H,1-6H3/t14-,15+,16+/m0/s1. The molecular formula is C16H26FNO2Si. The number of methoxy groups -OCH3 is 1. The van der Waals surface area contributed by atoms with Crippen molar-refractivity contribution in [2.24, 2.45) is 5.92 Å². The van der Waals surface area contributed by atoms with Gasteiger partial charge < -0.3 is 9.16 Å². The lowest BCUT2D eigenvalue weighted by molar-refractivity contribution is -0.272. The maximum absolute atomic E-state index is 13.1. The van der Waals surface area contributed by atoms with Gasteiger partial charge in [-0.2, -0.15) is 0 Å². The summed E-state index contributed by atoms with van der Waals surface area (Å²) in [7, 11) is -0.0944. The molecule has 5 heteroatoms. The number of hydrogen-bond donors (Lipinski definition) is 1. The zero-order valence-corrected chi connectivity index (χ0v) is 14.7. The first kappa shape index (κ1) is 16.6. The number of halogens is 1. The van der Waals surface area contributed by atoms with Crippen LogP contribution < -0.4 is 5.32 Å². The second-order valence-electron chi connectivity index (χ2n) is 7.01. The molecule has 0 spiro atoms. The van der Waals surface area contributed by atoms with Gasteiger partial charge in [0.2, 0.25) is 0 Å². The highest BCUT2D eigenvalue weighted by Gasteiger charge is 2.59. The zero-order valence-electron chi connectivity index (χ0n) is 13.7. The molecule has 0 amide bonds. The van der Waals surface area contributed by atoms with Crippen LogP contribution in [-0.2, 0) is 9.16 Å². The number of ether oxygens (including phenoxy) is 1. The Hall–Kier alpha value is -0.753. The van der Waals surface area contributed by atoms with Gasteiger partial charge in [0.1, 0.15) is 5.82 Å². The van der Waals surface area contributed by atoms with Crippen LogP contribution in [0.1, 0.15) is 25.5 Å². The SMILES string of the molecule is CO[C@]1(O[Si](C)(C)C)[C@@H](c2ccc(F)cc2)N[C@H]1C(C)C. The molecule has 1 aliphatic heterocycles. The second kappa shape index (κ2) is 5.80. The van der Waals surface area contributed by atoms with Crippen LogP contribution in [0, 0.1) is 11.7 Å². The van der Waals surface area contributed by atoms with Crippen LogP contribution in [0.25, 0.3) is 0 Å². The van der Waals surface area contributed by atoms with Gasteiger partial charge in [0.25, 0.3) is 0 Å². The van der Waals surface area contributed by atoms with Gasteiger partial charge in [-0.05, 0) is 43.3 Å². The molecule has 21 heavy (non-hydrogen) atoms. The van der Waals surface area contributed by atoms with Gasteiger partial charge in [0.05, 0.1) is 12.1 Å². The maximum Gasteiger partial charge on any atom is 0.194 e. The van der Waals surface area contributed by atoms with E-state index in [0.29, 0.717) is 5.92 Å². The highest BCUT2D eigenvalue weighted by molar-refractivity contribution is 6.69. The predicted octanol–water partition coefficient (Wildman–Crippen LogP) is 3.69. The summed E-state index contributed by atoms with van der Waals surface area (Å²) in [6, 6.07) is 6.62. The monoisotopic (exact) mass is 311 g/mol. The van der Waals surface area contributed by atoms with Crippen molar-refractivity contribution in [3.8, 4) is 0 Å². The Morgan fingerprint density at radius 2 is 1.76 bits per heavy atom. The molecule has 118 valence electrons. The first-order chi connectivity index (χ1) is 9.69. The predicted molar refractivity (Wildman–Crippen MR) is 85.1 cm³/mol. The quantitative estimate of drug-likeness (QED) is 0.664. The van der Waals surface area contributed by atoms with Crippen LogP contribution in [0.4, 0.5) is 4.39 Å². The fraction of sp³-hybridized carbons (Fsp3) is 0.625. The van der Waals surface area contributed by atoms with E-state index in [0.717, 1.165) is 5.56 Å². The molecule has 1 N–H and O–H groups in total. The van der Waals surface area contributed by atoms with E-state index in [9.17, 15) is 4.39 Å². The molecule has 1 fully saturated rings. The topological polar surface area (TPSA) is 30.5 Å². The van der Waals surface area contributed by atoms with Crippen molar-refractivity contribution in [1.82, 2.24) is 5.32 Å². The van der Waals surface area contributed by atoms with Crippen LogP contribution in [0.15, 0.2) is 24.3 Å². The van der Waals surface area contributed by atoms with Crippen LogP contribution >= 0.6 is 0 Å². The van der Waals surface area contributed by atoms with Gasteiger partial charge in [-0.3, -0.25) is 5.32 Å². The van der Waals surface area contributed by atoms with Gasteiger partial charge in [0, 0.05) is 7.11 Å². The van der Waals surface area contributed by atoms with E-state index in [1.165, 1.54) is 12.1 Å². The number of rotatable bonds is 5. The van der Waals surface area contributed by atoms with Crippen LogP contribution in [0.2, 0.25) is 19.6 Å². The third-order valence-corrected chi connectivity index (χ3v) is 4.77. The fourth-order valence-electron chi connectivity index (χ4n) is 3.02. The van der Waals surface area contributed by atoms with E-state index in [1.807, 2.05) is 0 Å². The van der Waals surface area contributed by atoms with Crippen molar-refractivity contribution in [3.05, 3.63) is 35.6 Å². The normalized spacial score (nSPS) is 29.5. The van der Waals surface area contributed by atoms with Gasteiger partial charge in [-0.25, -0.2) is 4.39 Å². The Bertz CT molecular complexity index is 486. The van der Waals surface area contributed by atoms with Crippen LogP contribution in [0.3, 0.4) is 0 Å². The average molecular weight is 311 g/mol. The van der Waals surface area contributed by atoms with E-state index >= 15 is 0 Å². The smallest absolute Gasteiger partial charge is 0.194 e. The summed E-state index contributed by atoms with van der Waals surface area (Å²) in [4.78, 5) is 0. The molecule has 0 saturated carbocycles. The highest BCUT2D eigenvalue weighted by Crippen LogP contribution is 2.46. The average Bonchev–Trinajstić information content (AvgIpc) is 2.35. The summed E-state index contributed by atoms with van der Waals surface area (Å²) < 4.78 is 25.5. The summed E-state index contributed by atoms with van der Waals surface area (Å²) in [5.74, 6) is -0.512. The first-order valence-electron chi connectivity index (χ1n) is 7.46. The molecule has 0 radical (unpaired) electrons. The minimum Gasteiger partial charge on any atom is -0.388 e. The Morgan fingerprint density at radius 1 is 1.19 bits per heavy atom. The van der Waals surface area contributed by atoms with E-state index in [-0.39, 0.29) is 17.9 Å². The minimum absolute atomic E-state index is 0.0674. The third-order valence-electron chi connectivity index (χ3n) is 3.84. The molecule has 2 rings (SSSR count). The van der Waals surface area contributed by atoms with E-state index < -0.39 is 14.1 Å². The van der Waals surface area contributed by atoms with Gasteiger partial charge >= 0.3 is 0 Å². The maximum atomic E-state index is 13.1. The molecule has 1 aromatic carbocycles. The van der Waals surface area contributed by atoms with Crippen molar-refractivity contribution in [1.29, 1.82) is 0 Å². The van der Waals surface area contributed by atoms with Crippen molar-refractivity contribution in [3.63, 3.8) is 0 Å². The summed E-state index contributed by atoms with van der Waals surface area (Å²) in [5.41, 5.74) is 0.994. The van der Waals surface area contributed by atoms with Crippen molar-refractivity contribution in [2.45, 2.75) is 51.4 Å². The van der Waals surface area contributed by atoms with E-state index in [4.69, 9.17) is 9.16 Å². The molecule has 0 unspecified atom stereocenters. The largest absolute Gasteiger partial charge is 0.388 e. The lowest BCUT2D eigenvalue weighted by atomic mass is 9.78. The summed E-state index contributed by atoms with van der Waals surface area (Å²) in [5, 5.41) is 3.53. The Morgan fingerprint density at radius 3 is 2.19 bits per heavy atom. The molecule has 3 atom stereocenters. The Kier molecular flexibility index (Phi) is 4.59. The summed E-state index contributed by atoms with van der Waals surface area (Å²) >= 11 is 0. The summed E-state index contributed by atoms with van der Waals surface area (Å²) in [6.45, 7) is 10.8.